The lowest BCUT2D eigenvalue weighted by Crippen LogP contribution is -2.43. The quantitative estimate of drug-likeness (QED) is 0.754. The van der Waals surface area contributed by atoms with Crippen molar-refractivity contribution in [2.75, 3.05) is 45.9 Å². The summed E-state index contributed by atoms with van der Waals surface area (Å²) in [6.07, 6.45) is 5.41. The molecule has 138 valence electrons. The number of carbonyl (C=O) groups is 2. The van der Waals surface area contributed by atoms with Crippen LogP contribution in [0.1, 0.15) is 19.8 Å². The minimum absolute atomic E-state index is 0.0184. The van der Waals surface area contributed by atoms with Crippen molar-refractivity contribution in [1.82, 2.24) is 24.5 Å². The van der Waals surface area contributed by atoms with Gasteiger partial charge in [-0.25, -0.2) is 4.79 Å². The smallest absolute Gasteiger partial charge is 0.410 e. The summed E-state index contributed by atoms with van der Waals surface area (Å²) in [6.45, 7) is 7.51. The molecule has 0 radical (unpaired) electrons. The molecular weight excluding hydrogens is 322 g/mol. The predicted molar refractivity (Wildman–Crippen MR) is 92.0 cm³/mol. The van der Waals surface area contributed by atoms with Gasteiger partial charge < -0.3 is 9.64 Å². The Morgan fingerprint density at radius 1 is 1.28 bits per heavy atom. The zero-order valence-electron chi connectivity index (χ0n) is 14.8. The van der Waals surface area contributed by atoms with Gasteiger partial charge in [-0.05, 0) is 25.8 Å². The van der Waals surface area contributed by atoms with Crippen LogP contribution in [0.3, 0.4) is 0 Å². The monoisotopic (exact) mass is 349 g/mol. The van der Waals surface area contributed by atoms with E-state index in [1.54, 1.807) is 6.20 Å². The number of hydrogen-bond acceptors (Lipinski definition) is 5. The van der Waals surface area contributed by atoms with Crippen LogP contribution in [0.25, 0.3) is 0 Å². The normalized spacial score (nSPS) is 20.4. The lowest BCUT2D eigenvalue weighted by molar-refractivity contribution is -0.131. The fourth-order valence-electron chi connectivity index (χ4n) is 3.39. The molecule has 1 unspecified atom stereocenters. The van der Waals surface area contributed by atoms with Crippen molar-refractivity contribution in [1.29, 1.82) is 0 Å². The van der Waals surface area contributed by atoms with E-state index < -0.39 is 0 Å². The molecule has 1 atom stereocenters. The van der Waals surface area contributed by atoms with Gasteiger partial charge in [-0.1, -0.05) is 0 Å². The van der Waals surface area contributed by atoms with Crippen molar-refractivity contribution < 1.29 is 14.3 Å². The molecule has 0 aromatic carbocycles. The number of nitrogens with zero attached hydrogens (tertiary/aromatic N) is 5. The van der Waals surface area contributed by atoms with Crippen LogP contribution in [0.5, 0.6) is 0 Å². The van der Waals surface area contributed by atoms with Gasteiger partial charge in [0.15, 0.2) is 0 Å². The van der Waals surface area contributed by atoms with Crippen LogP contribution < -0.4 is 0 Å². The second-order valence-corrected chi connectivity index (χ2v) is 6.71. The van der Waals surface area contributed by atoms with E-state index in [0.717, 1.165) is 39.0 Å². The summed E-state index contributed by atoms with van der Waals surface area (Å²) in [7, 11) is 0. The standard InChI is InChI=1S/C17H27N5O3/c1-15(4-9-22-8-2-5-18-22)19-6-3-7-20(11-10-19)16(23)14-21-12-13-25-17(21)24/h2,5,8,15H,3-4,6-7,9-14H2,1H3. The Bertz CT molecular complexity index is 577. The van der Waals surface area contributed by atoms with Crippen LogP contribution >= 0.6 is 0 Å². The molecule has 0 N–H and O–H groups in total. The van der Waals surface area contributed by atoms with E-state index in [-0.39, 0.29) is 18.5 Å². The Hall–Kier alpha value is -2.09. The van der Waals surface area contributed by atoms with E-state index >= 15 is 0 Å². The van der Waals surface area contributed by atoms with E-state index in [0.29, 0.717) is 25.7 Å². The molecule has 1 aromatic rings. The molecule has 3 rings (SSSR count). The number of aromatic nitrogens is 2. The molecule has 2 aliphatic rings. The summed E-state index contributed by atoms with van der Waals surface area (Å²) < 4.78 is 6.84. The largest absolute Gasteiger partial charge is 0.448 e. The Morgan fingerprint density at radius 3 is 2.88 bits per heavy atom. The summed E-state index contributed by atoms with van der Waals surface area (Å²) in [5, 5.41) is 4.24. The molecule has 3 heterocycles. The molecular formula is C17H27N5O3. The van der Waals surface area contributed by atoms with Crippen LogP contribution in [0.4, 0.5) is 4.79 Å². The maximum Gasteiger partial charge on any atom is 0.410 e. The number of cyclic esters (lactones) is 1. The topological polar surface area (TPSA) is 70.9 Å². The fourth-order valence-corrected chi connectivity index (χ4v) is 3.39. The molecule has 2 amide bonds. The van der Waals surface area contributed by atoms with E-state index in [1.807, 2.05) is 21.8 Å². The molecule has 2 saturated heterocycles. The van der Waals surface area contributed by atoms with Gasteiger partial charge in [-0.3, -0.25) is 19.3 Å². The highest BCUT2D eigenvalue weighted by Gasteiger charge is 2.28. The minimum Gasteiger partial charge on any atom is -0.448 e. The third-order valence-electron chi connectivity index (χ3n) is 5.01. The number of aryl methyl sites for hydroxylation is 1. The number of carbonyl (C=O) groups excluding carboxylic acids is 2. The first-order valence-electron chi connectivity index (χ1n) is 9.04. The van der Waals surface area contributed by atoms with E-state index in [2.05, 4.69) is 16.9 Å². The summed E-state index contributed by atoms with van der Waals surface area (Å²) in [5.41, 5.74) is 0. The van der Waals surface area contributed by atoms with Gasteiger partial charge in [0, 0.05) is 51.2 Å². The first kappa shape index (κ1) is 17.7. The van der Waals surface area contributed by atoms with Crippen molar-refractivity contribution in [3.63, 3.8) is 0 Å². The average molecular weight is 349 g/mol. The molecule has 8 heteroatoms. The predicted octanol–water partition coefficient (Wildman–Crippen LogP) is 0.648. The van der Waals surface area contributed by atoms with Gasteiger partial charge in [0.1, 0.15) is 13.2 Å². The average Bonchev–Trinajstić information content (AvgIpc) is 3.19. The van der Waals surface area contributed by atoms with Gasteiger partial charge >= 0.3 is 6.09 Å². The van der Waals surface area contributed by atoms with Gasteiger partial charge in [0.05, 0.1) is 6.54 Å². The maximum absolute atomic E-state index is 12.5. The van der Waals surface area contributed by atoms with Crippen molar-refractivity contribution in [2.45, 2.75) is 32.4 Å². The lowest BCUT2D eigenvalue weighted by Gasteiger charge is -2.28. The summed E-state index contributed by atoms with van der Waals surface area (Å²) >= 11 is 0. The highest BCUT2D eigenvalue weighted by Crippen LogP contribution is 2.12. The highest BCUT2D eigenvalue weighted by molar-refractivity contribution is 5.82. The van der Waals surface area contributed by atoms with E-state index in [1.165, 1.54) is 4.90 Å². The summed E-state index contributed by atoms with van der Waals surface area (Å²) in [5.74, 6) is 0.0184. The van der Waals surface area contributed by atoms with Crippen molar-refractivity contribution in [3.05, 3.63) is 18.5 Å². The van der Waals surface area contributed by atoms with Crippen LogP contribution in [-0.2, 0) is 16.1 Å². The Balaban J connectivity index is 1.44. The lowest BCUT2D eigenvalue weighted by atomic mass is 10.2. The maximum atomic E-state index is 12.5. The summed E-state index contributed by atoms with van der Waals surface area (Å²) in [6, 6.07) is 2.39. The van der Waals surface area contributed by atoms with Crippen molar-refractivity contribution in [2.24, 2.45) is 0 Å². The van der Waals surface area contributed by atoms with Crippen molar-refractivity contribution >= 4 is 12.0 Å². The van der Waals surface area contributed by atoms with Crippen LogP contribution in [0.15, 0.2) is 18.5 Å². The van der Waals surface area contributed by atoms with Gasteiger partial charge in [0.25, 0.3) is 0 Å². The van der Waals surface area contributed by atoms with Crippen LogP contribution in [-0.4, -0.2) is 88.4 Å². The molecule has 0 spiro atoms. The number of amides is 2. The second kappa shape index (κ2) is 8.33. The third-order valence-corrected chi connectivity index (χ3v) is 5.01. The molecule has 0 aliphatic carbocycles. The minimum atomic E-state index is -0.378. The molecule has 1 aromatic heterocycles. The molecule has 8 nitrogen and oxygen atoms in total. The Labute approximate surface area is 148 Å². The zero-order valence-corrected chi connectivity index (χ0v) is 14.8. The first-order chi connectivity index (χ1) is 12.1. The Kier molecular flexibility index (Phi) is 5.91. The zero-order chi connectivity index (χ0) is 17.6. The van der Waals surface area contributed by atoms with Crippen molar-refractivity contribution in [3.8, 4) is 0 Å². The second-order valence-electron chi connectivity index (χ2n) is 6.71. The van der Waals surface area contributed by atoms with Crippen LogP contribution in [0.2, 0.25) is 0 Å². The number of rotatable bonds is 6. The third kappa shape index (κ3) is 4.72. The number of ether oxygens (including phenoxy) is 1. The van der Waals surface area contributed by atoms with Gasteiger partial charge in [-0.2, -0.15) is 5.10 Å². The molecule has 0 saturated carbocycles. The SMILES string of the molecule is CC(CCn1cccn1)N1CCCN(C(=O)CN2CCOC2=O)CC1. The molecule has 25 heavy (non-hydrogen) atoms. The van der Waals surface area contributed by atoms with Gasteiger partial charge in [-0.15, -0.1) is 0 Å². The first-order valence-corrected chi connectivity index (χ1v) is 9.04. The molecule has 2 fully saturated rings. The highest BCUT2D eigenvalue weighted by atomic mass is 16.6. The molecule has 0 bridgehead atoms. The van der Waals surface area contributed by atoms with E-state index in [4.69, 9.17) is 4.74 Å². The van der Waals surface area contributed by atoms with Crippen LogP contribution in [0, 0.1) is 0 Å². The van der Waals surface area contributed by atoms with E-state index in [9.17, 15) is 9.59 Å². The Morgan fingerprint density at radius 2 is 2.16 bits per heavy atom. The summed E-state index contributed by atoms with van der Waals surface area (Å²) in [4.78, 5) is 29.8. The molecule has 2 aliphatic heterocycles. The number of hydrogen-bond donors (Lipinski definition) is 0. The van der Waals surface area contributed by atoms with Gasteiger partial charge in [0.2, 0.25) is 5.91 Å². The fraction of sp³-hybridized carbons (Fsp3) is 0.706.